The molecule has 0 radical (unpaired) electrons. The highest BCUT2D eigenvalue weighted by molar-refractivity contribution is 5.87. The molecule has 0 unspecified atom stereocenters. The average Bonchev–Trinajstić information content (AvgIpc) is 2.68. The highest BCUT2D eigenvalue weighted by Crippen LogP contribution is 2.24. The van der Waals surface area contributed by atoms with E-state index in [-0.39, 0.29) is 0 Å². The number of benzene rings is 2. The fourth-order valence-electron chi connectivity index (χ4n) is 3.50. The van der Waals surface area contributed by atoms with Gasteiger partial charge in [0.2, 0.25) is 0 Å². The summed E-state index contributed by atoms with van der Waals surface area (Å²) >= 11 is 0. The SMILES string of the molecule is COC(=O)[C@@H](N)Cc1cccc(Cc2nccc3c(CN(C)C)cccc23)c1. The molecule has 5 nitrogen and oxygen atoms in total. The van der Waals surface area contributed by atoms with Gasteiger partial charge < -0.3 is 15.4 Å². The number of carbonyl (C=O) groups is 1. The fourth-order valence-corrected chi connectivity index (χ4v) is 3.50. The molecule has 1 heterocycles. The lowest BCUT2D eigenvalue weighted by Crippen LogP contribution is -2.33. The predicted octanol–water partition coefficient (Wildman–Crippen LogP) is 2.93. The molecule has 0 saturated carbocycles. The molecule has 3 aromatic rings. The molecule has 0 aliphatic carbocycles. The topological polar surface area (TPSA) is 68.5 Å². The Morgan fingerprint density at radius 3 is 2.61 bits per heavy atom. The van der Waals surface area contributed by atoms with E-state index < -0.39 is 12.0 Å². The van der Waals surface area contributed by atoms with Crippen molar-refractivity contribution in [1.29, 1.82) is 0 Å². The molecule has 0 fully saturated rings. The quantitative estimate of drug-likeness (QED) is 0.641. The smallest absolute Gasteiger partial charge is 0.322 e. The van der Waals surface area contributed by atoms with Gasteiger partial charge in [0.05, 0.1) is 12.8 Å². The van der Waals surface area contributed by atoms with Crippen molar-refractivity contribution < 1.29 is 9.53 Å². The van der Waals surface area contributed by atoms with E-state index in [0.29, 0.717) is 6.42 Å². The molecular formula is C23H27N3O2. The Morgan fingerprint density at radius 1 is 1.11 bits per heavy atom. The highest BCUT2D eigenvalue weighted by Gasteiger charge is 2.14. The Bertz CT molecular complexity index is 969. The maximum Gasteiger partial charge on any atom is 0.322 e. The second-order valence-electron chi connectivity index (χ2n) is 7.34. The number of aromatic nitrogens is 1. The second kappa shape index (κ2) is 8.95. The highest BCUT2D eigenvalue weighted by atomic mass is 16.5. The first-order chi connectivity index (χ1) is 13.5. The zero-order chi connectivity index (χ0) is 20.1. The van der Waals surface area contributed by atoms with Crippen molar-refractivity contribution in [3.63, 3.8) is 0 Å². The number of hydrogen-bond acceptors (Lipinski definition) is 5. The maximum atomic E-state index is 11.6. The first kappa shape index (κ1) is 20.0. The molecule has 2 N–H and O–H groups in total. The number of ether oxygens (including phenoxy) is 1. The van der Waals surface area contributed by atoms with Gasteiger partial charge >= 0.3 is 5.97 Å². The van der Waals surface area contributed by atoms with E-state index in [4.69, 9.17) is 10.5 Å². The van der Waals surface area contributed by atoms with Gasteiger partial charge in [-0.25, -0.2) is 0 Å². The molecular weight excluding hydrogens is 350 g/mol. The average molecular weight is 377 g/mol. The lowest BCUT2D eigenvalue weighted by Gasteiger charge is -2.14. The molecule has 28 heavy (non-hydrogen) atoms. The first-order valence-electron chi connectivity index (χ1n) is 9.39. The largest absolute Gasteiger partial charge is 0.468 e. The summed E-state index contributed by atoms with van der Waals surface area (Å²) in [6, 6.07) is 16.0. The molecule has 1 atom stereocenters. The number of carbonyl (C=O) groups excluding carboxylic acids is 1. The number of rotatable bonds is 7. The summed E-state index contributed by atoms with van der Waals surface area (Å²) in [7, 11) is 5.51. The van der Waals surface area contributed by atoms with Crippen LogP contribution in [0, 0.1) is 0 Å². The predicted molar refractivity (Wildman–Crippen MR) is 112 cm³/mol. The van der Waals surface area contributed by atoms with Crippen molar-refractivity contribution in [3.05, 3.63) is 77.1 Å². The number of pyridine rings is 1. The van der Waals surface area contributed by atoms with Crippen LogP contribution in [0.1, 0.15) is 22.4 Å². The summed E-state index contributed by atoms with van der Waals surface area (Å²) < 4.78 is 4.72. The van der Waals surface area contributed by atoms with E-state index in [1.165, 1.54) is 23.4 Å². The molecule has 0 aliphatic rings. The Morgan fingerprint density at radius 2 is 1.86 bits per heavy atom. The molecule has 0 aliphatic heterocycles. The van der Waals surface area contributed by atoms with E-state index >= 15 is 0 Å². The summed E-state index contributed by atoms with van der Waals surface area (Å²) in [6.07, 6.45) is 3.06. The summed E-state index contributed by atoms with van der Waals surface area (Å²) in [5.74, 6) is -0.394. The van der Waals surface area contributed by atoms with Gasteiger partial charge in [0, 0.05) is 24.5 Å². The molecule has 0 amide bonds. The van der Waals surface area contributed by atoms with E-state index in [0.717, 1.165) is 29.8 Å². The minimum atomic E-state index is -0.649. The molecule has 3 rings (SSSR count). The monoisotopic (exact) mass is 377 g/mol. The fraction of sp³-hybridized carbons (Fsp3) is 0.304. The lowest BCUT2D eigenvalue weighted by molar-refractivity contribution is -0.142. The van der Waals surface area contributed by atoms with Crippen LogP contribution in [0.15, 0.2) is 54.7 Å². The third-order valence-electron chi connectivity index (χ3n) is 4.79. The molecule has 0 spiro atoms. The first-order valence-corrected chi connectivity index (χ1v) is 9.39. The van der Waals surface area contributed by atoms with Crippen LogP contribution in [0.25, 0.3) is 10.8 Å². The number of nitrogens with zero attached hydrogens (tertiary/aromatic N) is 2. The van der Waals surface area contributed by atoms with Gasteiger partial charge in [-0.1, -0.05) is 42.5 Å². The Kier molecular flexibility index (Phi) is 6.39. The van der Waals surface area contributed by atoms with Crippen LogP contribution in [0.2, 0.25) is 0 Å². The Hall–Kier alpha value is -2.76. The number of fused-ring (bicyclic) bond motifs is 1. The van der Waals surface area contributed by atoms with Crippen molar-refractivity contribution in [1.82, 2.24) is 9.88 Å². The zero-order valence-electron chi connectivity index (χ0n) is 16.7. The third kappa shape index (κ3) is 4.74. The second-order valence-corrected chi connectivity index (χ2v) is 7.34. The van der Waals surface area contributed by atoms with Crippen LogP contribution >= 0.6 is 0 Å². The van der Waals surface area contributed by atoms with Crippen LogP contribution in [-0.2, 0) is 28.9 Å². The Balaban J connectivity index is 1.87. The van der Waals surface area contributed by atoms with Crippen molar-refractivity contribution in [2.75, 3.05) is 21.2 Å². The van der Waals surface area contributed by atoms with Crippen LogP contribution in [-0.4, -0.2) is 43.1 Å². The van der Waals surface area contributed by atoms with Crippen molar-refractivity contribution in [3.8, 4) is 0 Å². The minimum Gasteiger partial charge on any atom is -0.468 e. The molecule has 5 heteroatoms. The number of hydrogen-bond donors (Lipinski definition) is 1. The standard InChI is InChI=1S/C23H27N3O2/c1-26(2)15-18-8-5-9-20-19(18)10-11-25-22(20)14-17-7-4-6-16(12-17)13-21(24)23(27)28-3/h4-12,21H,13-15,24H2,1-3H3/t21-/m0/s1. The number of nitrogens with two attached hydrogens (primary N) is 1. The molecule has 2 aromatic carbocycles. The van der Waals surface area contributed by atoms with Crippen LogP contribution in [0.4, 0.5) is 0 Å². The van der Waals surface area contributed by atoms with E-state index in [9.17, 15) is 4.79 Å². The lowest BCUT2D eigenvalue weighted by atomic mass is 9.98. The molecule has 0 saturated heterocycles. The molecule has 0 bridgehead atoms. The maximum absolute atomic E-state index is 11.6. The number of methoxy groups -OCH3 is 1. The van der Waals surface area contributed by atoms with Gasteiger partial charge in [-0.3, -0.25) is 9.78 Å². The van der Waals surface area contributed by atoms with Gasteiger partial charge in [0.25, 0.3) is 0 Å². The summed E-state index contributed by atoms with van der Waals surface area (Å²) in [4.78, 5) is 18.4. The summed E-state index contributed by atoms with van der Waals surface area (Å²) in [5.41, 5.74) is 10.4. The normalized spacial score (nSPS) is 12.3. The summed E-state index contributed by atoms with van der Waals surface area (Å²) in [5, 5.41) is 2.42. The van der Waals surface area contributed by atoms with Gasteiger partial charge in [0.15, 0.2) is 0 Å². The zero-order valence-corrected chi connectivity index (χ0v) is 16.7. The van der Waals surface area contributed by atoms with E-state index in [2.05, 4.69) is 60.4 Å². The Labute approximate surface area is 166 Å². The van der Waals surface area contributed by atoms with Crippen molar-refractivity contribution in [2.24, 2.45) is 5.73 Å². The summed E-state index contributed by atoms with van der Waals surface area (Å²) in [6.45, 7) is 0.891. The van der Waals surface area contributed by atoms with Gasteiger partial charge in [0.1, 0.15) is 6.04 Å². The van der Waals surface area contributed by atoms with Gasteiger partial charge in [-0.15, -0.1) is 0 Å². The third-order valence-corrected chi connectivity index (χ3v) is 4.79. The molecule has 146 valence electrons. The van der Waals surface area contributed by atoms with E-state index in [1.807, 2.05) is 18.3 Å². The van der Waals surface area contributed by atoms with Crippen molar-refractivity contribution in [2.45, 2.75) is 25.4 Å². The minimum absolute atomic E-state index is 0.394. The van der Waals surface area contributed by atoms with E-state index in [1.54, 1.807) is 0 Å². The van der Waals surface area contributed by atoms with Crippen LogP contribution < -0.4 is 5.73 Å². The van der Waals surface area contributed by atoms with Crippen molar-refractivity contribution >= 4 is 16.7 Å². The molecule has 1 aromatic heterocycles. The van der Waals surface area contributed by atoms with Crippen LogP contribution in [0.5, 0.6) is 0 Å². The van der Waals surface area contributed by atoms with Crippen LogP contribution in [0.3, 0.4) is 0 Å². The van der Waals surface area contributed by atoms with Gasteiger partial charge in [-0.2, -0.15) is 0 Å². The van der Waals surface area contributed by atoms with Gasteiger partial charge in [-0.05, 0) is 48.7 Å². The number of esters is 1.